The highest BCUT2D eigenvalue weighted by Gasteiger charge is 2.25. The number of hydrazine groups is 1. The van der Waals surface area contributed by atoms with E-state index in [1.807, 2.05) is 18.2 Å². The summed E-state index contributed by atoms with van der Waals surface area (Å²) in [5, 5.41) is 14.0. The molecule has 10 nitrogen and oxygen atoms in total. The summed E-state index contributed by atoms with van der Waals surface area (Å²) in [6, 6.07) is 3.91. The zero-order chi connectivity index (χ0) is 22.5. The summed E-state index contributed by atoms with van der Waals surface area (Å²) < 4.78 is 5.43. The molecule has 2 aromatic rings. The second-order valence-electron chi connectivity index (χ2n) is 8.57. The molecule has 0 aromatic carbocycles. The van der Waals surface area contributed by atoms with Crippen molar-refractivity contribution in [1.29, 1.82) is 0 Å². The molecule has 1 aliphatic heterocycles. The molecule has 0 atom stereocenters. The third kappa shape index (κ3) is 5.77. The molecule has 172 valence electrons. The Balaban J connectivity index is 1.51. The first-order valence-corrected chi connectivity index (χ1v) is 11.2. The Hall–Kier alpha value is -3.11. The van der Waals surface area contributed by atoms with Crippen molar-refractivity contribution < 1.29 is 4.52 Å². The Labute approximate surface area is 188 Å². The van der Waals surface area contributed by atoms with E-state index < -0.39 is 0 Å². The number of hydrogen-bond donors (Lipinski definition) is 5. The van der Waals surface area contributed by atoms with E-state index >= 15 is 0 Å². The van der Waals surface area contributed by atoms with Gasteiger partial charge >= 0.3 is 0 Å². The van der Waals surface area contributed by atoms with Crippen molar-refractivity contribution in [1.82, 2.24) is 25.9 Å². The maximum absolute atomic E-state index is 5.67. The minimum absolute atomic E-state index is 0.318. The molecular weight excluding hydrogens is 406 g/mol. The van der Waals surface area contributed by atoms with Gasteiger partial charge in [0.1, 0.15) is 11.6 Å². The van der Waals surface area contributed by atoms with Crippen LogP contribution >= 0.6 is 0 Å². The van der Waals surface area contributed by atoms with E-state index in [0.29, 0.717) is 30.1 Å². The zero-order valence-corrected chi connectivity index (χ0v) is 18.8. The first-order valence-electron chi connectivity index (χ1n) is 11.2. The molecule has 4 rings (SSSR count). The number of aromatic nitrogens is 3. The quantitative estimate of drug-likeness (QED) is 0.214. The normalized spacial score (nSPS) is 16.9. The molecule has 0 amide bonds. The molecule has 3 heterocycles. The number of allylic oxidation sites excluding steroid dienone is 2. The minimum atomic E-state index is 0.318. The molecule has 1 saturated carbocycles. The van der Waals surface area contributed by atoms with Gasteiger partial charge in [0.05, 0.1) is 12.2 Å². The third-order valence-electron chi connectivity index (χ3n) is 5.55. The summed E-state index contributed by atoms with van der Waals surface area (Å²) in [6.45, 7) is 12.4. The second-order valence-corrected chi connectivity index (χ2v) is 8.57. The van der Waals surface area contributed by atoms with Crippen molar-refractivity contribution in [3.63, 3.8) is 0 Å². The molecule has 1 aliphatic carbocycles. The lowest BCUT2D eigenvalue weighted by Gasteiger charge is -2.29. The Morgan fingerprint density at radius 2 is 2.09 bits per heavy atom. The molecule has 0 radical (unpaired) electrons. The third-order valence-corrected chi connectivity index (χ3v) is 5.55. The zero-order valence-electron chi connectivity index (χ0n) is 18.8. The molecule has 2 aliphatic rings. The van der Waals surface area contributed by atoms with E-state index in [0.717, 1.165) is 67.7 Å². The van der Waals surface area contributed by atoms with Crippen LogP contribution in [0.5, 0.6) is 0 Å². The predicted molar refractivity (Wildman–Crippen MR) is 126 cm³/mol. The van der Waals surface area contributed by atoms with Gasteiger partial charge < -0.3 is 30.8 Å². The largest absolute Gasteiger partial charge is 0.359 e. The van der Waals surface area contributed by atoms with Crippen molar-refractivity contribution in [3.8, 4) is 0 Å². The van der Waals surface area contributed by atoms with Crippen LogP contribution < -0.4 is 32.1 Å². The van der Waals surface area contributed by atoms with Crippen LogP contribution in [0.25, 0.3) is 0 Å². The SMILES string of the molecule is C=C(/C=C(\NN)C1CC1)Nc1cc(N2CCNCC2)nc(NCc2cc(C(C)C)no2)n1. The van der Waals surface area contributed by atoms with E-state index in [-0.39, 0.29) is 0 Å². The monoisotopic (exact) mass is 439 g/mol. The number of nitrogens with zero attached hydrogens (tertiary/aromatic N) is 4. The van der Waals surface area contributed by atoms with Crippen molar-refractivity contribution in [3.05, 3.63) is 47.6 Å². The Kier molecular flexibility index (Phi) is 6.91. The van der Waals surface area contributed by atoms with Crippen molar-refractivity contribution in [2.24, 2.45) is 11.8 Å². The van der Waals surface area contributed by atoms with Gasteiger partial charge in [0.15, 0.2) is 5.76 Å². The van der Waals surface area contributed by atoms with Crippen LogP contribution in [0.15, 0.2) is 40.7 Å². The summed E-state index contributed by atoms with van der Waals surface area (Å²) in [5.41, 5.74) is 5.43. The molecule has 10 heteroatoms. The van der Waals surface area contributed by atoms with Crippen LogP contribution in [0.3, 0.4) is 0 Å². The summed E-state index contributed by atoms with van der Waals surface area (Å²) in [5.74, 6) is 9.28. The van der Waals surface area contributed by atoms with E-state index in [1.54, 1.807) is 0 Å². The standard InChI is InChI=1S/C22H33N9O/c1-14(2)18-11-17(32-30-18)13-25-22-27-20(12-21(28-22)31-8-6-24-7-9-31)26-15(3)10-19(29-23)16-4-5-16/h10-12,14,16,24,29H,3-9,13,23H2,1-2H3,(H2,25,26,27,28)/b19-10-. The minimum Gasteiger partial charge on any atom is -0.359 e. The van der Waals surface area contributed by atoms with E-state index in [1.165, 1.54) is 0 Å². The second kappa shape index (κ2) is 10.0. The lowest BCUT2D eigenvalue weighted by Crippen LogP contribution is -2.44. The molecular formula is C22H33N9O. The van der Waals surface area contributed by atoms with Gasteiger partial charge in [-0.15, -0.1) is 0 Å². The average molecular weight is 440 g/mol. The Morgan fingerprint density at radius 3 is 2.75 bits per heavy atom. The molecule has 1 saturated heterocycles. The van der Waals surface area contributed by atoms with Gasteiger partial charge in [0.2, 0.25) is 5.95 Å². The van der Waals surface area contributed by atoms with Crippen molar-refractivity contribution >= 4 is 17.6 Å². The van der Waals surface area contributed by atoms with Gasteiger partial charge in [0, 0.05) is 55.6 Å². The summed E-state index contributed by atoms with van der Waals surface area (Å²) >= 11 is 0. The summed E-state index contributed by atoms with van der Waals surface area (Å²) in [4.78, 5) is 11.6. The van der Waals surface area contributed by atoms with Crippen LogP contribution in [0.1, 0.15) is 44.1 Å². The number of nitrogens with two attached hydrogens (primary N) is 1. The molecule has 6 N–H and O–H groups in total. The smallest absolute Gasteiger partial charge is 0.227 e. The highest BCUT2D eigenvalue weighted by molar-refractivity contribution is 5.57. The maximum atomic E-state index is 5.67. The molecule has 0 unspecified atom stereocenters. The number of anilines is 3. The summed E-state index contributed by atoms with van der Waals surface area (Å²) in [7, 11) is 0. The highest BCUT2D eigenvalue weighted by Crippen LogP contribution is 2.35. The van der Waals surface area contributed by atoms with E-state index in [4.69, 9.17) is 15.3 Å². The van der Waals surface area contributed by atoms with Crippen molar-refractivity contribution in [2.75, 3.05) is 41.7 Å². The van der Waals surface area contributed by atoms with Crippen LogP contribution in [0.4, 0.5) is 17.6 Å². The van der Waals surface area contributed by atoms with Gasteiger partial charge in [0.25, 0.3) is 0 Å². The fraction of sp³-hybridized carbons (Fsp3) is 0.500. The molecule has 0 bridgehead atoms. The number of nitrogens with one attached hydrogen (secondary N) is 4. The number of piperazine rings is 1. The van der Waals surface area contributed by atoms with Gasteiger partial charge in [-0.25, -0.2) is 0 Å². The average Bonchev–Trinajstić information content (AvgIpc) is 3.53. The van der Waals surface area contributed by atoms with Crippen LogP contribution in [0, 0.1) is 5.92 Å². The Morgan fingerprint density at radius 1 is 1.31 bits per heavy atom. The van der Waals surface area contributed by atoms with Crippen LogP contribution in [-0.2, 0) is 6.54 Å². The molecule has 0 spiro atoms. The first-order chi connectivity index (χ1) is 15.5. The molecule has 32 heavy (non-hydrogen) atoms. The lowest BCUT2D eigenvalue weighted by molar-refractivity contribution is 0.379. The van der Waals surface area contributed by atoms with Gasteiger partial charge in [-0.2, -0.15) is 9.97 Å². The molecule has 2 fully saturated rings. The fourth-order valence-electron chi connectivity index (χ4n) is 3.54. The lowest BCUT2D eigenvalue weighted by atomic mass is 10.1. The van der Waals surface area contributed by atoms with E-state index in [9.17, 15) is 0 Å². The van der Waals surface area contributed by atoms with Gasteiger partial charge in [-0.3, -0.25) is 5.84 Å². The number of hydrogen-bond acceptors (Lipinski definition) is 10. The van der Waals surface area contributed by atoms with Crippen LogP contribution in [0.2, 0.25) is 0 Å². The van der Waals surface area contributed by atoms with Crippen molar-refractivity contribution in [2.45, 2.75) is 39.2 Å². The van der Waals surface area contributed by atoms with Gasteiger partial charge in [-0.1, -0.05) is 25.6 Å². The summed E-state index contributed by atoms with van der Waals surface area (Å²) in [6.07, 6.45) is 4.25. The first kappa shape index (κ1) is 22.1. The Bertz CT molecular complexity index is 958. The fourth-order valence-corrected chi connectivity index (χ4v) is 3.54. The number of rotatable bonds is 10. The van der Waals surface area contributed by atoms with Crippen LogP contribution in [-0.4, -0.2) is 41.3 Å². The molecule has 2 aromatic heterocycles. The topological polar surface area (TPSA) is 129 Å². The predicted octanol–water partition coefficient (Wildman–Crippen LogP) is 2.29. The van der Waals surface area contributed by atoms with Gasteiger partial charge in [-0.05, 0) is 24.8 Å². The maximum Gasteiger partial charge on any atom is 0.227 e. The van der Waals surface area contributed by atoms with E-state index in [2.05, 4.69) is 56.8 Å². The highest BCUT2D eigenvalue weighted by atomic mass is 16.5.